The third-order valence-corrected chi connectivity index (χ3v) is 1.98. The monoisotopic (exact) mass is 154 g/mol. The molecule has 2 heteroatoms. The number of benzene rings is 1. The molecule has 0 saturated carbocycles. The van der Waals surface area contributed by atoms with Gasteiger partial charge in [0.25, 0.3) is 0 Å². The molecule has 0 amide bonds. The molecule has 0 aliphatic heterocycles. The second kappa shape index (κ2) is 1.89. The summed E-state index contributed by atoms with van der Waals surface area (Å²) in [5, 5.41) is 0.745. The van der Waals surface area contributed by atoms with E-state index < -0.39 is 0 Å². The number of hydrogen-bond donors (Lipinski definition) is 0. The summed E-state index contributed by atoms with van der Waals surface area (Å²) in [6.45, 7) is 2.09. The smallest absolute Gasteiger partial charge is 0.149 e. The van der Waals surface area contributed by atoms with Gasteiger partial charge in [-0.15, -0.1) is 0 Å². The molecule has 0 aliphatic carbocycles. The number of fused-ring (bicyclic) bond motifs is 2. The van der Waals surface area contributed by atoms with Gasteiger partial charge in [0.05, 0.1) is 5.02 Å². The summed E-state index contributed by atoms with van der Waals surface area (Å²) in [5.41, 5.74) is 2.96. The zero-order valence-corrected chi connectivity index (χ0v) is 6.40. The van der Waals surface area contributed by atoms with Crippen molar-refractivity contribution in [1.82, 2.24) is 0 Å². The Morgan fingerprint density at radius 2 is 2.30 bits per heavy atom. The number of halogens is 1. The van der Waals surface area contributed by atoms with Gasteiger partial charge in [-0.3, -0.25) is 0 Å². The molecule has 0 aliphatic rings. The second-order valence-corrected chi connectivity index (χ2v) is 2.76. The number of hydrogen-bond acceptors (Lipinski definition) is 1. The Morgan fingerprint density at radius 1 is 1.50 bits per heavy atom. The van der Waals surface area contributed by atoms with Gasteiger partial charge in [0.15, 0.2) is 0 Å². The van der Waals surface area contributed by atoms with Crippen LogP contribution in [0.25, 0.3) is 11.2 Å². The van der Waals surface area contributed by atoms with Gasteiger partial charge < -0.3 is 4.42 Å². The van der Waals surface area contributed by atoms with Gasteiger partial charge in [0.1, 0.15) is 11.2 Å². The molecule has 0 N–H and O–H groups in total. The van der Waals surface area contributed by atoms with E-state index in [1.807, 2.05) is 12.1 Å². The molecular weight excluding hydrogens is 148 g/mol. The molecule has 2 rings (SSSR count). The molecule has 0 unspecified atom stereocenters. The van der Waals surface area contributed by atoms with Crippen LogP contribution in [0, 0.1) is 0 Å². The van der Waals surface area contributed by atoms with E-state index >= 15 is 0 Å². The minimum absolute atomic E-state index is 0.745. The lowest BCUT2D eigenvalue weighted by molar-refractivity contribution is 0.673. The maximum atomic E-state index is 5.82. The van der Waals surface area contributed by atoms with Crippen molar-refractivity contribution in [3.8, 4) is 0 Å². The lowest BCUT2D eigenvalue weighted by Crippen LogP contribution is -1.74. The van der Waals surface area contributed by atoms with E-state index in [1.54, 1.807) is 0 Å². The van der Waals surface area contributed by atoms with Crippen molar-refractivity contribution in [3.63, 3.8) is 0 Å². The van der Waals surface area contributed by atoms with Crippen LogP contribution < -0.4 is 0 Å². The molecule has 0 spiro atoms. The summed E-state index contributed by atoms with van der Waals surface area (Å²) < 4.78 is 5.30. The fraction of sp³-hybridized carbons (Fsp3) is 0.250. The van der Waals surface area contributed by atoms with Gasteiger partial charge in [-0.05, 0) is 18.1 Å². The average molecular weight is 155 g/mol. The summed E-state index contributed by atoms with van der Waals surface area (Å²) >= 11 is 5.82. The molecule has 2 bridgehead atoms. The van der Waals surface area contributed by atoms with Crippen LogP contribution in [0.15, 0.2) is 16.5 Å². The zero-order chi connectivity index (χ0) is 7.14. The van der Waals surface area contributed by atoms with E-state index in [9.17, 15) is 0 Å². The van der Waals surface area contributed by atoms with Crippen LogP contribution in [-0.2, 0) is 6.42 Å². The van der Waals surface area contributed by atoms with E-state index in [-0.39, 0.29) is 0 Å². The third-order valence-electron chi connectivity index (χ3n) is 1.69. The van der Waals surface area contributed by atoms with Crippen LogP contribution in [0.2, 0.25) is 5.02 Å². The maximum Gasteiger partial charge on any atom is 0.149 e. The van der Waals surface area contributed by atoms with Crippen LogP contribution >= 0.6 is 11.6 Å². The zero-order valence-electron chi connectivity index (χ0n) is 5.65. The Balaban J connectivity index is 2.74. The Labute approximate surface area is 63.9 Å². The molecule has 2 aromatic rings. The molecule has 52 valence electrons. The highest BCUT2D eigenvalue weighted by molar-refractivity contribution is 6.34. The van der Waals surface area contributed by atoms with E-state index in [2.05, 4.69) is 6.92 Å². The molecular formula is C8H7ClO. The summed E-state index contributed by atoms with van der Waals surface area (Å²) in [4.78, 5) is 0. The normalized spacial score (nSPS) is 11.4. The molecule has 10 heavy (non-hydrogen) atoms. The molecule has 0 atom stereocenters. The van der Waals surface area contributed by atoms with Crippen LogP contribution in [-0.4, -0.2) is 0 Å². The topological polar surface area (TPSA) is 13.1 Å². The Hall–Kier alpha value is -0.690. The van der Waals surface area contributed by atoms with Crippen molar-refractivity contribution < 1.29 is 4.42 Å². The first-order valence-electron chi connectivity index (χ1n) is 3.31. The molecule has 2 heterocycles. The minimum Gasteiger partial charge on any atom is -0.455 e. The Kier molecular flexibility index (Phi) is 1.15. The first-order chi connectivity index (χ1) is 4.81. The van der Waals surface area contributed by atoms with Gasteiger partial charge in [0.2, 0.25) is 0 Å². The highest BCUT2D eigenvalue weighted by Crippen LogP contribution is 2.30. The molecule has 0 aromatic carbocycles. The SMILES string of the molecule is CCc1cc2cc(Cl)c1o2. The lowest BCUT2D eigenvalue weighted by atomic mass is 10.2. The van der Waals surface area contributed by atoms with E-state index in [0.717, 1.165) is 22.6 Å². The van der Waals surface area contributed by atoms with E-state index in [1.165, 1.54) is 5.56 Å². The number of furan rings is 2. The van der Waals surface area contributed by atoms with E-state index in [0.29, 0.717) is 0 Å². The Morgan fingerprint density at radius 3 is 2.70 bits per heavy atom. The van der Waals surface area contributed by atoms with Crippen molar-refractivity contribution in [2.45, 2.75) is 13.3 Å². The predicted molar refractivity (Wildman–Crippen MR) is 41.8 cm³/mol. The fourth-order valence-electron chi connectivity index (χ4n) is 1.18. The highest BCUT2D eigenvalue weighted by Gasteiger charge is 2.09. The van der Waals surface area contributed by atoms with Gasteiger partial charge in [-0.2, -0.15) is 0 Å². The summed E-state index contributed by atoms with van der Waals surface area (Å²) in [7, 11) is 0. The quantitative estimate of drug-likeness (QED) is 0.615. The third kappa shape index (κ3) is 0.641. The number of rotatable bonds is 1. The van der Waals surface area contributed by atoms with E-state index in [4.69, 9.17) is 16.0 Å². The highest BCUT2D eigenvalue weighted by atomic mass is 35.5. The van der Waals surface area contributed by atoms with Crippen molar-refractivity contribution in [3.05, 3.63) is 22.7 Å². The Bertz CT molecular complexity index is 337. The van der Waals surface area contributed by atoms with Crippen molar-refractivity contribution >= 4 is 22.8 Å². The average Bonchev–Trinajstić information content (AvgIpc) is 2.44. The summed E-state index contributed by atoms with van der Waals surface area (Å²) in [6, 6.07) is 3.87. The molecule has 1 nitrogen and oxygen atoms in total. The molecule has 0 radical (unpaired) electrons. The fourth-order valence-corrected chi connectivity index (χ4v) is 1.44. The summed E-state index contributed by atoms with van der Waals surface area (Å²) in [5.74, 6) is 0. The maximum absolute atomic E-state index is 5.82. The van der Waals surface area contributed by atoms with Crippen LogP contribution in [0.1, 0.15) is 12.5 Å². The van der Waals surface area contributed by atoms with Crippen LogP contribution in [0.5, 0.6) is 0 Å². The first kappa shape index (κ1) is 6.05. The van der Waals surface area contributed by atoms with Gasteiger partial charge in [0, 0.05) is 6.07 Å². The molecule has 2 aromatic heterocycles. The largest absolute Gasteiger partial charge is 0.455 e. The van der Waals surface area contributed by atoms with Gasteiger partial charge in [-0.1, -0.05) is 18.5 Å². The second-order valence-electron chi connectivity index (χ2n) is 2.35. The standard InChI is InChI=1S/C8H7ClO/c1-2-5-3-6-4-7(9)8(5)10-6/h3-4H,2H2,1H3. The van der Waals surface area contributed by atoms with Gasteiger partial charge in [-0.25, -0.2) is 0 Å². The number of aryl methyl sites for hydroxylation is 1. The summed E-state index contributed by atoms with van der Waals surface area (Å²) in [6.07, 6.45) is 0.989. The lowest BCUT2D eigenvalue weighted by Gasteiger charge is -1.88. The molecule has 0 saturated heterocycles. The van der Waals surface area contributed by atoms with Gasteiger partial charge >= 0.3 is 0 Å². The van der Waals surface area contributed by atoms with Crippen molar-refractivity contribution in [2.75, 3.05) is 0 Å². The van der Waals surface area contributed by atoms with Crippen molar-refractivity contribution in [2.24, 2.45) is 0 Å². The predicted octanol–water partition coefficient (Wildman–Crippen LogP) is 3.09. The molecule has 0 fully saturated rings. The first-order valence-corrected chi connectivity index (χ1v) is 3.69. The van der Waals surface area contributed by atoms with Crippen molar-refractivity contribution in [1.29, 1.82) is 0 Å². The van der Waals surface area contributed by atoms with Crippen LogP contribution in [0.3, 0.4) is 0 Å². The van der Waals surface area contributed by atoms with Crippen LogP contribution in [0.4, 0.5) is 0 Å². The minimum atomic E-state index is 0.745.